The summed E-state index contributed by atoms with van der Waals surface area (Å²) in [6.07, 6.45) is -4.26. The van der Waals surface area contributed by atoms with Gasteiger partial charge >= 0.3 is 6.18 Å². The third-order valence-corrected chi connectivity index (χ3v) is 3.64. The molecule has 24 heavy (non-hydrogen) atoms. The number of nitrogens with zero attached hydrogens (tertiary/aromatic N) is 1. The van der Waals surface area contributed by atoms with Gasteiger partial charge in [-0.25, -0.2) is 0 Å². The van der Waals surface area contributed by atoms with Crippen molar-refractivity contribution in [3.63, 3.8) is 0 Å². The number of hydrogen-bond donors (Lipinski definition) is 2. The molecule has 0 saturated carbocycles. The van der Waals surface area contributed by atoms with Crippen LogP contribution in [-0.4, -0.2) is 17.2 Å². The SMILES string of the molecule is NC1Cc2cc(Oc3cccc(C(F)(F)F)c3)ccc2N(O)C1=O. The first kappa shape index (κ1) is 16.3. The summed E-state index contributed by atoms with van der Waals surface area (Å²) in [5.41, 5.74) is 5.66. The van der Waals surface area contributed by atoms with Gasteiger partial charge in [0.05, 0.1) is 17.3 Å². The molecule has 5 nitrogen and oxygen atoms in total. The van der Waals surface area contributed by atoms with E-state index in [2.05, 4.69) is 0 Å². The quantitative estimate of drug-likeness (QED) is 0.825. The molecule has 0 radical (unpaired) electrons. The van der Waals surface area contributed by atoms with Gasteiger partial charge in [0.15, 0.2) is 0 Å². The summed E-state index contributed by atoms with van der Waals surface area (Å²) in [4.78, 5) is 11.6. The van der Waals surface area contributed by atoms with Gasteiger partial charge in [-0.3, -0.25) is 10.0 Å². The zero-order chi connectivity index (χ0) is 17.5. The van der Waals surface area contributed by atoms with Gasteiger partial charge in [0, 0.05) is 0 Å². The molecule has 1 heterocycles. The van der Waals surface area contributed by atoms with Crippen molar-refractivity contribution in [2.45, 2.75) is 18.6 Å². The largest absolute Gasteiger partial charge is 0.457 e. The average Bonchev–Trinajstić information content (AvgIpc) is 2.52. The van der Waals surface area contributed by atoms with Crippen molar-refractivity contribution in [3.05, 3.63) is 53.6 Å². The summed E-state index contributed by atoms with van der Waals surface area (Å²) in [5.74, 6) is -0.307. The Morgan fingerprint density at radius 3 is 2.58 bits per heavy atom. The van der Waals surface area contributed by atoms with Crippen LogP contribution in [0.25, 0.3) is 0 Å². The zero-order valence-electron chi connectivity index (χ0n) is 12.2. The van der Waals surface area contributed by atoms with E-state index in [9.17, 15) is 23.2 Å². The van der Waals surface area contributed by atoms with Crippen LogP contribution in [0.3, 0.4) is 0 Å². The van der Waals surface area contributed by atoms with E-state index in [0.29, 0.717) is 10.6 Å². The number of ether oxygens (including phenoxy) is 1. The minimum absolute atomic E-state index is 0.0295. The van der Waals surface area contributed by atoms with Crippen molar-refractivity contribution in [1.29, 1.82) is 0 Å². The molecule has 1 amide bonds. The van der Waals surface area contributed by atoms with Gasteiger partial charge in [0.25, 0.3) is 5.91 Å². The van der Waals surface area contributed by atoms with Crippen LogP contribution < -0.4 is 15.5 Å². The Hall–Kier alpha value is -2.58. The summed E-state index contributed by atoms with van der Waals surface area (Å²) in [6.45, 7) is 0. The lowest BCUT2D eigenvalue weighted by Crippen LogP contribution is -2.47. The third kappa shape index (κ3) is 3.06. The van der Waals surface area contributed by atoms with Gasteiger partial charge in [0.1, 0.15) is 11.5 Å². The van der Waals surface area contributed by atoms with Gasteiger partial charge in [-0.15, -0.1) is 0 Å². The first-order chi connectivity index (χ1) is 11.3. The highest BCUT2D eigenvalue weighted by molar-refractivity contribution is 5.98. The molecule has 0 aliphatic carbocycles. The number of carbonyl (C=O) groups excluding carboxylic acids is 1. The number of anilines is 1. The molecule has 0 spiro atoms. The maximum Gasteiger partial charge on any atom is 0.416 e. The lowest BCUT2D eigenvalue weighted by atomic mass is 9.99. The van der Waals surface area contributed by atoms with Gasteiger partial charge in [-0.05, 0) is 48.4 Å². The van der Waals surface area contributed by atoms with E-state index < -0.39 is 23.7 Å². The molecular weight excluding hydrogens is 325 g/mol. The van der Waals surface area contributed by atoms with Gasteiger partial charge < -0.3 is 10.5 Å². The monoisotopic (exact) mass is 338 g/mol. The summed E-state index contributed by atoms with van der Waals surface area (Å²) in [7, 11) is 0. The van der Waals surface area contributed by atoms with Crippen LogP contribution in [0.1, 0.15) is 11.1 Å². The van der Waals surface area contributed by atoms with Crippen molar-refractivity contribution in [2.24, 2.45) is 5.73 Å². The van der Waals surface area contributed by atoms with Crippen molar-refractivity contribution in [3.8, 4) is 11.5 Å². The van der Waals surface area contributed by atoms with Crippen molar-refractivity contribution in [2.75, 3.05) is 5.06 Å². The maximum absolute atomic E-state index is 12.7. The molecule has 3 N–H and O–H groups in total. The Kier molecular flexibility index (Phi) is 3.94. The maximum atomic E-state index is 12.7. The van der Waals surface area contributed by atoms with Gasteiger partial charge in [-0.2, -0.15) is 18.2 Å². The van der Waals surface area contributed by atoms with E-state index in [1.165, 1.54) is 30.3 Å². The van der Waals surface area contributed by atoms with Crippen molar-refractivity contribution in [1.82, 2.24) is 0 Å². The predicted molar refractivity (Wildman–Crippen MR) is 78.9 cm³/mol. The fourth-order valence-corrected chi connectivity index (χ4v) is 2.47. The number of fused-ring (bicyclic) bond motifs is 1. The summed E-state index contributed by atoms with van der Waals surface area (Å²) >= 11 is 0. The van der Waals surface area contributed by atoms with E-state index in [1.807, 2.05) is 0 Å². The highest BCUT2D eigenvalue weighted by Crippen LogP contribution is 2.34. The summed E-state index contributed by atoms with van der Waals surface area (Å²) in [5, 5.41) is 10.2. The fourth-order valence-electron chi connectivity index (χ4n) is 2.47. The smallest absolute Gasteiger partial charge is 0.416 e. The lowest BCUT2D eigenvalue weighted by molar-refractivity contribution is -0.137. The number of halogens is 3. The molecule has 1 aliphatic rings. The highest BCUT2D eigenvalue weighted by Gasteiger charge is 2.31. The van der Waals surface area contributed by atoms with Crippen LogP contribution in [0.5, 0.6) is 11.5 Å². The van der Waals surface area contributed by atoms with Crippen molar-refractivity contribution < 1.29 is 27.9 Å². The lowest BCUT2D eigenvalue weighted by Gasteiger charge is -2.27. The van der Waals surface area contributed by atoms with Gasteiger partial charge in [0.2, 0.25) is 0 Å². The molecule has 0 aromatic heterocycles. The summed E-state index contributed by atoms with van der Waals surface area (Å²) in [6, 6.07) is 8.05. The first-order valence-electron chi connectivity index (χ1n) is 7.02. The first-order valence-corrected chi connectivity index (χ1v) is 7.02. The highest BCUT2D eigenvalue weighted by atomic mass is 19.4. The second kappa shape index (κ2) is 5.81. The number of benzene rings is 2. The van der Waals surface area contributed by atoms with Crippen LogP contribution in [0.4, 0.5) is 18.9 Å². The molecule has 0 fully saturated rings. The van der Waals surface area contributed by atoms with Crippen LogP contribution in [0.15, 0.2) is 42.5 Å². The molecule has 1 aliphatic heterocycles. The fraction of sp³-hybridized carbons (Fsp3) is 0.188. The molecular formula is C16H13F3N2O3. The Morgan fingerprint density at radius 2 is 1.88 bits per heavy atom. The number of amides is 1. The second-order valence-corrected chi connectivity index (χ2v) is 5.38. The topological polar surface area (TPSA) is 75.8 Å². The molecule has 1 unspecified atom stereocenters. The zero-order valence-corrected chi connectivity index (χ0v) is 12.2. The number of alkyl halides is 3. The van der Waals surface area contributed by atoms with E-state index >= 15 is 0 Å². The molecule has 0 bridgehead atoms. The molecule has 3 rings (SSSR count). The molecule has 0 saturated heterocycles. The third-order valence-electron chi connectivity index (χ3n) is 3.64. The minimum Gasteiger partial charge on any atom is -0.457 e. The van der Waals surface area contributed by atoms with Gasteiger partial charge in [-0.1, -0.05) is 6.07 Å². The Balaban J connectivity index is 1.88. The van der Waals surface area contributed by atoms with Crippen LogP contribution >= 0.6 is 0 Å². The van der Waals surface area contributed by atoms with Crippen LogP contribution in [0.2, 0.25) is 0 Å². The number of carbonyl (C=O) groups is 1. The molecule has 1 atom stereocenters. The normalized spacial score (nSPS) is 17.6. The number of nitrogens with two attached hydrogens (primary N) is 1. The van der Waals surface area contributed by atoms with E-state index in [0.717, 1.165) is 12.1 Å². The molecule has 2 aromatic carbocycles. The Morgan fingerprint density at radius 1 is 1.17 bits per heavy atom. The molecule has 126 valence electrons. The Labute approximate surface area is 135 Å². The van der Waals surface area contributed by atoms with E-state index in [4.69, 9.17) is 10.5 Å². The number of hydroxylamine groups is 1. The van der Waals surface area contributed by atoms with Crippen LogP contribution in [0, 0.1) is 0 Å². The minimum atomic E-state index is -4.46. The van der Waals surface area contributed by atoms with Crippen molar-refractivity contribution >= 4 is 11.6 Å². The Bertz CT molecular complexity index is 792. The number of hydrogen-bond acceptors (Lipinski definition) is 4. The summed E-state index contributed by atoms with van der Waals surface area (Å²) < 4.78 is 43.6. The number of rotatable bonds is 2. The van der Waals surface area contributed by atoms with E-state index in [1.54, 1.807) is 0 Å². The second-order valence-electron chi connectivity index (χ2n) is 5.38. The van der Waals surface area contributed by atoms with Crippen LogP contribution in [-0.2, 0) is 17.4 Å². The van der Waals surface area contributed by atoms with E-state index in [-0.39, 0.29) is 23.6 Å². The standard InChI is InChI=1S/C16H13F3N2O3/c17-16(18,19)10-2-1-3-11(8-10)24-12-4-5-14-9(6-12)7-13(20)15(22)21(14)23/h1-6,8,13,23H,7,20H2. The molecule has 2 aromatic rings. The predicted octanol–water partition coefficient (Wildman–Crippen LogP) is 3.10. The molecule has 8 heteroatoms. The average molecular weight is 338 g/mol.